The number of carbonyl (C=O) groups is 2. The summed E-state index contributed by atoms with van der Waals surface area (Å²) in [4.78, 5) is 29.5. The first-order valence-corrected chi connectivity index (χ1v) is 15.9. The fourth-order valence-corrected chi connectivity index (χ4v) is 6.09. The van der Waals surface area contributed by atoms with Gasteiger partial charge in [0.2, 0.25) is 21.8 Å². The molecule has 1 aliphatic carbocycles. The molecule has 0 aliphatic heterocycles. The van der Waals surface area contributed by atoms with Crippen LogP contribution in [0.2, 0.25) is 5.02 Å². The molecule has 1 N–H and O–H groups in total. The highest BCUT2D eigenvalue weighted by atomic mass is 35.5. The summed E-state index contributed by atoms with van der Waals surface area (Å²) in [7, 11) is -2.28. The van der Waals surface area contributed by atoms with E-state index >= 15 is 0 Å². The summed E-state index contributed by atoms with van der Waals surface area (Å²) in [6, 6.07) is 22.2. The topological polar surface area (TPSA) is 96.0 Å². The van der Waals surface area contributed by atoms with E-state index in [4.69, 9.17) is 16.3 Å². The van der Waals surface area contributed by atoms with Crippen LogP contribution in [0.3, 0.4) is 0 Å². The molecule has 0 heterocycles. The van der Waals surface area contributed by atoms with Crippen LogP contribution in [0.4, 0.5) is 5.69 Å². The highest BCUT2D eigenvalue weighted by Gasteiger charge is 2.34. The van der Waals surface area contributed by atoms with Crippen molar-refractivity contribution >= 4 is 39.1 Å². The molecule has 0 spiro atoms. The zero-order valence-corrected chi connectivity index (χ0v) is 24.9. The van der Waals surface area contributed by atoms with Crippen molar-refractivity contribution in [2.45, 2.75) is 50.7 Å². The summed E-state index contributed by atoms with van der Waals surface area (Å²) in [5, 5.41) is 3.60. The number of carbonyl (C=O) groups excluding carboxylic acids is 2. The molecule has 0 bridgehead atoms. The van der Waals surface area contributed by atoms with Gasteiger partial charge in [-0.2, -0.15) is 0 Å². The van der Waals surface area contributed by atoms with Gasteiger partial charge in [0.25, 0.3) is 0 Å². The average Bonchev–Trinajstić information content (AvgIpc) is 3.47. The van der Waals surface area contributed by atoms with Gasteiger partial charge in [-0.05, 0) is 60.4 Å². The molecule has 1 aliphatic rings. The third kappa shape index (κ3) is 8.47. The number of hydrogen-bond donors (Lipinski definition) is 1. The van der Waals surface area contributed by atoms with Crippen molar-refractivity contribution in [2.75, 3.05) is 24.2 Å². The highest BCUT2D eigenvalue weighted by molar-refractivity contribution is 7.92. The van der Waals surface area contributed by atoms with Crippen molar-refractivity contribution < 1.29 is 22.7 Å². The van der Waals surface area contributed by atoms with Gasteiger partial charge >= 0.3 is 0 Å². The number of anilines is 1. The summed E-state index contributed by atoms with van der Waals surface area (Å²) in [6.45, 7) is -0.393. The number of methoxy groups -OCH3 is 1. The Bertz CT molecular complexity index is 1430. The molecule has 218 valence electrons. The molecular weight excluding hydrogens is 562 g/mol. The lowest BCUT2D eigenvalue weighted by Gasteiger charge is -2.34. The van der Waals surface area contributed by atoms with Crippen LogP contribution in [0.15, 0.2) is 78.9 Å². The Labute approximate surface area is 247 Å². The molecular formula is C31H36ClN3O5S. The second-order valence-electron chi connectivity index (χ2n) is 10.3. The van der Waals surface area contributed by atoms with Gasteiger partial charge in [-0.15, -0.1) is 0 Å². The molecule has 0 aromatic heterocycles. The number of amides is 2. The third-order valence-corrected chi connectivity index (χ3v) is 8.65. The van der Waals surface area contributed by atoms with Gasteiger partial charge in [0.1, 0.15) is 18.3 Å². The van der Waals surface area contributed by atoms with E-state index in [0.29, 0.717) is 16.5 Å². The van der Waals surface area contributed by atoms with Crippen LogP contribution in [0.25, 0.3) is 0 Å². The Morgan fingerprint density at radius 1 is 0.976 bits per heavy atom. The fraction of sp³-hybridized carbons (Fsp3) is 0.355. The Morgan fingerprint density at radius 2 is 1.63 bits per heavy atom. The molecule has 10 heteroatoms. The van der Waals surface area contributed by atoms with Crippen LogP contribution in [0, 0.1) is 0 Å². The maximum Gasteiger partial charge on any atom is 0.244 e. The normalized spacial score (nSPS) is 14.3. The van der Waals surface area contributed by atoms with E-state index in [1.807, 2.05) is 48.5 Å². The minimum atomic E-state index is -3.84. The average molecular weight is 598 g/mol. The molecule has 8 nitrogen and oxygen atoms in total. The van der Waals surface area contributed by atoms with Gasteiger partial charge in [-0.3, -0.25) is 13.9 Å². The van der Waals surface area contributed by atoms with Gasteiger partial charge in [0.15, 0.2) is 0 Å². The molecule has 1 atom stereocenters. The predicted molar refractivity (Wildman–Crippen MR) is 162 cm³/mol. The Kier molecular flexibility index (Phi) is 10.3. The van der Waals surface area contributed by atoms with Crippen LogP contribution in [0.1, 0.15) is 36.8 Å². The second kappa shape index (κ2) is 13.9. The zero-order chi connectivity index (χ0) is 29.4. The predicted octanol–water partition coefficient (Wildman–Crippen LogP) is 4.81. The van der Waals surface area contributed by atoms with Crippen LogP contribution in [-0.4, -0.2) is 57.1 Å². The Balaban J connectivity index is 1.73. The van der Waals surface area contributed by atoms with Gasteiger partial charge in [0.05, 0.1) is 19.1 Å². The standard InChI is InChI=1S/C31H36ClN3O5S/c1-40-28-14-8-11-24(19-28)21-34(30(36)22-35(41(2,38)39)27-17-15-25(32)16-18-27)29(20-23-9-4-3-5-10-23)31(37)33-26-12-6-7-13-26/h3-5,8-11,14-19,26,29H,6-7,12-13,20-22H2,1-2H3,(H,33,37)/t29-/m1/s1. The van der Waals surface area contributed by atoms with Crippen LogP contribution in [-0.2, 0) is 32.6 Å². The smallest absolute Gasteiger partial charge is 0.244 e. The van der Waals surface area contributed by atoms with Crippen LogP contribution < -0.4 is 14.4 Å². The largest absolute Gasteiger partial charge is 0.497 e. The molecule has 4 rings (SSSR count). The number of halogens is 1. The lowest BCUT2D eigenvalue weighted by atomic mass is 10.0. The maximum atomic E-state index is 14.2. The van der Waals surface area contributed by atoms with E-state index in [2.05, 4.69) is 5.32 Å². The van der Waals surface area contributed by atoms with E-state index in [1.165, 1.54) is 4.90 Å². The molecule has 41 heavy (non-hydrogen) atoms. The first-order chi connectivity index (χ1) is 19.6. The first-order valence-electron chi connectivity index (χ1n) is 13.6. The number of nitrogens with zero attached hydrogens (tertiary/aromatic N) is 2. The monoisotopic (exact) mass is 597 g/mol. The molecule has 0 unspecified atom stereocenters. The van der Waals surface area contributed by atoms with Gasteiger partial charge < -0.3 is 15.0 Å². The number of nitrogens with one attached hydrogen (secondary N) is 1. The molecule has 0 saturated heterocycles. The summed E-state index contributed by atoms with van der Waals surface area (Å²) in [6.07, 6.45) is 5.21. The molecule has 3 aromatic carbocycles. The zero-order valence-electron chi connectivity index (χ0n) is 23.3. The number of ether oxygens (including phenoxy) is 1. The number of benzene rings is 3. The van der Waals surface area contributed by atoms with Crippen molar-refractivity contribution in [2.24, 2.45) is 0 Å². The van der Waals surface area contributed by atoms with Crippen molar-refractivity contribution in [3.8, 4) is 5.75 Å². The Morgan fingerprint density at radius 3 is 2.27 bits per heavy atom. The molecule has 0 radical (unpaired) electrons. The lowest BCUT2D eigenvalue weighted by molar-refractivity contribution is -0.140. The van der Waals surface area contributed by atoms with Crippen molar-refractivity contribution in [3.05, 3.63) is 95.0 Å². The molecule has 1 saturated carbocycles. The molecule has 3 aromatic rings. The fourth-order valence-electron chi connectivity index (χ4n) is 5.11. The van der Waals surface area contributed by atoms with E-state index < -0.39 is 28.5 Å². The van der Waals surface area contributed by atoms with Gasteiger partial charge in [-0.1, -0.05) is 66.9 Å². The van der Waals surface area contributed by atoms with Crippen molar-refractivity contribution in [1.82, 2.24) is 10.2 Å². The summed E-state index contributed by atoms with van der Waals surface area (Å²) >= 11 is 6.03. The van der Waals surface area contributed by atoms with Gasteiger partial charge in [0, 0.05) is 24.0 Å². The van der Waals surface area contributed by atoms with Crippen molar-refractivity contribution in [1.29, 1.82) is 0 Å². The minimum absolute atomic E-state index is 0.0520. The molecule has 2 amide bonds. The number of rotatable bonds is 12. The van der Waals surface area contributed by atoms with Crippen LogP contribution >= 0.6 is 11.6 Å². The van der Waals surface area contributed by atoms with E-state index in [1.54, 1.807) is 37.4 Å². The molecule has 1 fully saturated rings. The quantitative estimate of drug-likeness (QED) is 0.323. The SMILES string of the molecule is COc1cccc(CN(C(=O)CN(c2ccc(Cl)cc2)S(C)(=O)=O)[C@H](Cc2ccccc2)C(=O)NC2CCCC2)c1. The first kappa shape index (κ1) is 30.4. The van der Waals surface area contributed by atoms with Crippen LogP contribution in [0.5, 0.6) is 5.75 Å². The highest BCUT2D eigenvalue weighted by Crippen LogP contribution is 2.24. The summed E-state index contributed by atoms with van der Waals surface area (Å²) < 4.78 is 32.2. The minimum Gasteiger partial charge on any atom is -0.497 e. The van der Waals surface area contributed by atoms with Crippen molar-refractivity contribution in [3.63, 3.8) is 0 Å². The Hall–Kier alpha value is -3.56. The number of sulfonamides is 1. The second-order valence-corrected chi connectivity index (χ2v) is 12.7. The maximum absolute atomic E-state index is 14.2. The van der Waals surface area contributed by atoms with E-state index in [-0.39, 0.29) is 24.9 Å². The lowest BCUT2D eigenvalue weighted by Crippen LogP contribution is -2.54. The van der Waals surface area contributed by atoms with E-state index in [0.717, 1.165) is 47.4 Å². The summed E-state index contributed by atoms with van der Waals surface area (Å²) in [5.74, 6) is -0.145. The third-order valence-electron chi connectivity index (χ3n) is 7.25. The summed E-state index contributed by atoms with van der Waals surface area (Å²) in [5.41, 5.74) is 1.95. The number of hydrogen-bond acceptors (Lipinski definition) is 5. The van der Waals surface area contributed by atoms with Gasteiger partial charge in [-0.25, -0.2) is 8.42 Å². The van der Waals surface area contributed by atoms with E-state index in [9.17, 15) is 18.0 Å².